The lowest BCUT2D eigenvalue weighted by atomic mass is 10.1. The number of hydrogen-bond donors (Lipinski definition) is 0. The van der Waals surface area contributed by atoms with E-state index >= 15 is 0 Å². The fourth-order valence-corrected chi connectivity index (χ4v) is 2.23. The summed E-state index contributed by atoms with van der Waals surface area (Å²) in [6.07, 6.45) is 0. The Bertz CT molecular complexity index is 611. The van der Waals surface area contributed by atoms with Gasteiger partial charge in [-0.05, 0) is 12.1 Å². The van der Waals surface area contributed by atoms with E-state index < -0.39 is 0 Å². The summed E-state index contributed by atoms with van der Waals surface area (Å²) >= 11 is 5.41. The van der Waals surface area contributed by atoms with E-state index in [0.717, 1.165) is 17.1 Å². The van der Waals surface area contributed by atoms with Crippen LogP contribution < -0.4 is 4.90 Å². The Morgan fingerprint density at radius 2 is 1.58 bits per heavy atom. The molecule has 0 fully saturated rings. The summed E-state index contributed by atoms with van der Waals surface area (Å²) < 4.78 is 0. The molecule has 0 amide bonds. The van der Waals surface area contributed by atoms with Crippen molar-refractivity contribution in [3.63, 3.8) is 0 Å². The number of nitrogens with zero attached hydrogens (tertiary/aromatic N) is 2. The highest BCUT2D eigenvalue weighted by molar-refractivity contribution is 7.80. The van der Waals surface area contributed by atoms with Crippen molar-refractivity contribution in [2.24, 2.45) is 5.16 Å². The molecule has 0 spiro atoms. The van der Waals surface area contributed by atoms with E-state index in [1.54, 1.807) is 0 Å². The topological polar surface area (TPSA) is 24.8 Å². The molecule has 0 aromatic heterocycles. The molecule has 1 aliphatic rings. The summed E-state index contributed by atoms with van der Waals surface area (Å²) in [4.78, 5) is 7.87. The minimum atomic E-state index is 0.334. The number of anilines is 1. The molecule has 0 bridgehead atoms. The Morgan fingerprint density at radius 3 is 2.26 bits per heavy atom. The molecule has 3 rings (SSSR count). The van der Waals surface area contributed by atoms with Crippen LogP contribution in [0, 0.1) is 0 Å². The summed E-state index contributed by atoms with van der Waals surface area (Å²) in [5.41, 5.74) is 1.98. The van der Waals surface area contributed by atoms with Gasteiger partial charge in [0.25, 0.3) is 0 Å². The van der Waals surface area contributed by atoms with Crippen LogP contribution in [0.4, 0.5) is 5.69 Å². The van der Waals surface area contributed by atoms with Crippen molar-refractivity contribution < 1.29 is 4.84 Å². The number of benzene rings is 2. The molecule has 0 radical (unpaired) electrons. The van der Waals surface area contributed by atoms with Crippen molar-refractivity contribution in [3.05, 3.63) is 66.2 Å². The quantitative estimate of drug-likeness (QED) is 0.782. The predicted molar refractivity (Wildman–Crippen MR) is 80.5 cm³/mol. The van der Waals surface area contributed by atoms with Crippen LogP contribution in [-0.4, -0.2) is 17.4 Å². The van der Waals surface area contributed by atoms with Gasteiger partial charge in [-0.25, -0.2) is 0 Å². The molecule has 2 aromatic carbocycles. The normalized spacial score (nSPS) is 14.8. The summed E-state index contributed by atoms with van der Waals surface area (Å²) in [6.45, 7) is 0.334. The molecule has 0 aliphatic carbocycles. The van der Waals surface area contributed by atoms with E-state index in [9.17, 15) is 0 Å². The van der Waals surface area contributed by atoms with E-state index in [4.69, 9.17) is 17.1 Å². The van der Waals surface area contributed by atoms with Gasteiger partial charge in [-0.3, -0.25) is 4.90 Å². The first-order valence-electron chi connectivity index (χ1n) is 5.99. The third-order valence-electron chi connectivity index (χ3n) is 2.85. The molecule has 0 unspecified atom stereocenters. The van der Waals surface area contributed by atoms with Gasteiger partial charge in [-0.1, -0.05) is 65.9 Å². The van der Waals surface area contributed by atoms with Crippen LogP contribution in [-0.2, 0) is 4.84 Å². The summed E-state index contributed by atoms with van der Waals surface area (Å²) in [5, 5.41) is 4.16. The van der Waals surface area contributed by atoms with Gasteiger partial charge in [0.1, 0.15) is 4.99 Å². The van der Waals surface area contributed by atoms with Crippen LogP contribution in [0.15, 0.2) is 65.8 Å². The monoisotopic (exact) mass is 268 g/mol. The molecule has 4 heteroatoms. The predicted octanol–water partition coefficient (Wildman–Crippen LogP) is 3.21. The zero-order valence-electron chi connectivity index (χ0n) is 10.2. The van der Waals surface area contributed by atoms with Crippen molar-refractivity contribution in [2.75, 3.05) is 11.5 Å². The van der Waals surface area contributed by atoms with Crippen molar-refractivity contribution >= 4 is 28.7 Å². The molecule has 1 aliphatic heterocycles. The molecule has 2 aromatic rings. The fraction of sp³-hybridized carbons (Fsp3) is 0.0667. The first kappa shape index (κ1) is 11.9. The van der Waals surface area contributed by atoms with E-state index in [2.05, 4.69) is 5.16 Å². The average Bonchev–Trinajstić information content (AvgIpc) is 2.49. The molecule has 0 saturated heterocycles. The van der Waals surface area contributed by atoms with Gasteiger partial charge in [-0.15, -0.1) is 0 Å². The Kier molecular flexibility index (Phi) is 3.25. The number of amidine groups is 1. The second-order valence-electron chi connectivity index (χ2n) is 4.12. The molecule has 19 heavy (non-hydrogen) atoms. The number of thiocarbonyl (C=S) groups is 1. The Hall–Kier alpha value is -2.20. The zero-order chi connectivity index (χ0) is 13.1. The maximum atomic E-state index is 5.41. The zero-order valence-corrected chi connectivity index (χ0v) is 11.0. The molecular weight excluding hydrogens is 256 g/mol. The van der Waals surface area contributed by atoms with Crippen LogP contribution in [0.25, 0.3) is 0 Å². The molecule has 0 N–H and O–H groups in total. The highest BCUT2D eigenvalue weighted by Gasteiger charge is 2.24. The Balaban J connectivity index is 2.06. The largest absolute Gasteiger partial charge is 0.387 e. The second-order valence-corrected chi connectivity index (χ2v) is 4.59. The lowest BCUT2D eigenvalue weighted by Gasteiger charge is -2.29. The molecule has 94 valence electrons. The number of rotatable bonds is 2. The molecule has 0 saturated carbocycles. The van der Waals surface area contributed by atoms with Crippen LogP contribution in [0.3, 0.4) is 0 Å². The van der Waals surface area contributed by atoms with Gasteiger partial charge in [0, 0.05) is 11.3 Å². The van der Waals surface area contributed by atoms with Crippen LogP contribution >= 0.6 is 12.2 Å². The lowest BCUT2D eigenvalue weighted by molar-refractivity contribution is 0.180. The summed E-state index contributed by atoms with van der Waals surface area (Å²) in [6, 6.07) is 19.9. The van der Waals surface area contributed by atoms with Crippen LogP contribution in [0.2, 0.25) is 0 Å². The standard InChI is InChI=1S/C15H12N2OS/c19-14-11-18-16-15(12-7-3-1-4-8-12)17(14)13-9-5-2-6-10-13/h1-10H,11H2. The van der Waals surface area contributed by atoms with Crippen molar-refractivity contribution in [3.8, 4) is 0 Å². The molecular formula is C15H12N2OS. The number of para-hydroxylation sites is 1. The highest BCUT2D eigenvalue weighted by atomic mass is 32.1. The minimum absolute atomic E-state index is 0.334. The summed E-state index contributed by atoms with van der Waals surface area (Å²) in [7, 11) is 0. The van der Waals surface area contributed by atoms with Crippen molar-refractivity contribution in [1.29, 1.82) is 0 Å². The smallest absolute Gasteiger partial charge is 0.184 e. The second kappa shape index (κ2) is 5.20. The van der Waals surface area contributed by atoms with Gasteiger partial charge >= 0.3 is 0 Å². The SMILES string of the molecule is S=C1CON=C(c2ccccc2)N1c1ccccc1. The van der Waals surface area contributed by atoms with Crippen molar-refractivity contribution in [2.45, 2.75) is 0 Å². The average molecular weight is 268 g/mol. The third kappa shape index (κ3) is 2.35. The van der Waals surface area contributed by atoms with E-state index in [-0.39, 0.29) is 0 Å². The molecule has 0 atom stereocenters. The number of hydrogen-bond acceptors (Lipinski definition) is 3. The fourth-order valence-electron chi connectivity index (χ4n) is 1.98. The van der Waals surface area contributed by atoms with E-state index in [0.29, 0.717) is 11.6 Å². The van der Waals surface area contributed by atoms with Gasteiger partial charge in [0.2, 0.25) is 0 Å². The maximum Gasteiger partial charge on any atom is 0.184 e. The van der Waals surface area contributed by atoms with E-state index in [1.807, 2.05) is 65.6 Å². The third-order valence-corrected chi connectivity index (χ3v) is 3.15. The summed E-state index contributed by atoms with van der Waals surface area (Å²) in [5.74, 6) is 0.725. The highest BCUT2D eigenvalue weighted by Crippen LogP contribution is 2.21. The van der Waals surface area contributed by atoms with Gasteiger partial charge in [-0.2, -0.15) is 0 Å². The van der Waals surface area contributed by atoms with E-state index in [1.165, 1.54) is 0 Å². The minimum Gasteiger partial charge on any atom is -0.387 e. The lowest BCUT2D eigenvalue weighted by Crippen LogP contribution is -2.41. The van der Waals surface area contributed by atoms with Crippen LogP contribution in [0.5, 0.6) is 0 Å². The van der Waals surface area contributed by atoms with Gasteiger partial charge in [0.15, 0.2) is 12.4 Å². The Labute approximate surface area is 117 Å². The molecule has 1 heterocycles. The molecule has 3 nitrogen and oxygen atoms in total. The van der Waals surface area contributed by atoms with Gasteiger partial charge < -0.3 is 4.84 Å². The van der Waals surface area contributed by atoms with Gasteiger partial charge in [0.05, 0.1) is 0 Å². The Morgan fingerprint density at radius 1 is 0.947 bits per heavy atom. The van der Waals surface area contributed by atoms with Crippen LogP contribution in [0.1, 0.15) is 5.56 Å². The maximum absolute atomic E-state index is 5.41. The first-order chi connectivity index (χ1) is 9.36. The first-order valence-corrected chi connectivity index (χ1v) is 6.40. The number of oxime groups is 1. The van der Waals surface area contributed by atoms with Crippen molar-refractivity contribution in [1.82, 2.24) is 0 Å².